The number of rotatable bonds is 9. The Bertz CT molecular complexity index is 1370. The van der Waals surface area contributed by atoms with Crippen molar-refractivity contribution < 1.29 is 23.1 Å². The molecule has 2 aromatic carbocycles. The fourth-order valence-electron chi connectivity index (χ4n) is 4.95. The van der Waals surface area contributed by atoms with E-state index < -0.39 is 23.5 Å². The first-order chi connectivity index (χ1) is 20.0. The molecule has 2 aliphatic rings. The molecule has 1 aliphatic heterocycles. The lowest BCUT2D eigenvalue weighted by Crippen LogP contribution is -2.43. The Labute approximate surface area is 244 Å². The van der Waals surface area contributed by atoms with Gasteiger partial charge in [-0.25, -0.2) is 14.8 Å². The van der Waals surface area contributed by atoms with Gasteiger partial charge in [0.15, 0.2) is 5.84 Å². The normalized spacial score (nSPS) is 19.7. The number of nitrogens with one attached hydrogen (secondary N) is 1. The first-order valence-corrected chi connectivity index (χ1v) is 14.0. The number of likely N-dealkylation sites (N-methyl/N-ethyl adjacent to an activating group) is 1. The fraction of sp³-hybridized carbons (Fsp3) is 0.419. The van der Waals surface area contributed by atoms with Gasteiger partial charge in [-0.2, -0.15) is 13.2 Å². The van der Waals surface area contributed by atoms with Gasteiger partial charge in [-0.3, -0.25) is 9.89 Å². The molecule has 0 bridgehead atoms. The Morgan fingerprint density at radius 1 is 1.14 bits per heavy atom. The van der Waals surface area contributed by atoms with Crippen LogP contribution in [0.1, 0.15) is 49.8 Å². The van der Waals surface area contributed by atoms with E-state index in [1.54, 1.807) is 6.20 Å². The molecule has 0 spiro atoms. The molecule has 0 amide bonds. The predicted octanol–water partition coefficient (Wildman–Crippen LogP) is 5.57. The molecule has 1 aliphatic carbocycles. The van der Waals surface area contributed by atoms with Crippen LogP contribution < -0.4 is 5.32 Å². The zero-order valence-electron chi connectivity index (χ0n) is 24.3. The van der Waals surface area contributed by atoms with Crippen LogP contribution in [0.2, 0.25) is 0 Å². The molecule has 224 valence electrons. The molecule has 0 radical (unpaired) electrons. The summed E-state index contributed by atoms with van der Waals surface area (Å²) < 4.78 is 39.7. The number of halogens is 3. The molecule has 4 rings (SSSR count). The SMILES string of the molecule is C\N=C(/N=C1/N=C(C(C)N(C)Cc2ccccc2)N(Cc2ccc(C(F)(F)F)cc2)/C1=C\N[C@H](C)C1CCC1)C(=O)O. The molecule has 0 saturated heterocycles. The third-order valence-electron chi connectivity index (χ3n) is 7.90. The number of hydrogen-bond donors (Lipinski definition) is 2. The highest BCUT2D eigenvalue weighted by atomic mass is 19.4. The van der Waals surface area contributed by atoms with E-state index in [4.69, 9.17) is 4.99 Å². The lowest BCUT2D eigenvalue weighted by molar-refractivity contribution is -0.137. The van der Waals surface area contributed by atoms with Gasteiger partial charge in [0.1, 0.15) is 11.5 Å². The maximum Gasteiger partial charge on any atom is 0.416 e. The van der Waals surface area contributed by atoms with Crippen molar-refractivity contribution in [3.8, 4) is 0 Å². The average molecular weight is 583 g/mol. The smallest absolute Gasteiger partial charge is 0.416 e. The maximum atomic E-state index is 13.2. The summed E-state index contributed by atoms with van der Waals surface area (Å²) in [5.41, 5.74) is 1.54. The largest absolute Gasteiger partial charge is 0.475 e. The van der Waals surface area contributed by atoms with Crippen LogP contribution in [-0.2, 0) is 24.1 Å². The van der Waals surface area contributed by atoms with Crippen LogP contribution in [0.15, 0.2) is 81.5 Å². The Morgan fingerprint density at radius 2 is 1.81 bits per heavy atom. The number of carboxylic acids is 1. The van der Waals surface area contributed by atoms with Crippen LogP contribution in [0.5, 0.6) is 0 Å². The highest BCUT2D eigenvalue weighted by Gasteiger charge is 2.35. The summed E-state index contributed by atoms with van der Waals surface area (Å²) in [5, 5.41) is 13.1. The Balaban J connectivity index is 1.74. The summed E-state index contributed by atoms with van der Waals surface area (Å²) in [7, 11) is 3.31. The summed E-state index contributed by atoms with van der Waals surface area (Å²) in [6, 6.07) is 14.9. The van der Waals surface area contributed by atoms with Gasteiger partial charge in [0, 0.05) is 32.4 Å². The van der Waals surface area contributed by atoms with Crippen molar-refractivity contribution in [1.29, 1.82) is 0 Å². The van der Waals surface area contributed by atoms with E-state index in [9.17, 15) is 23.1 Å². The number of carbonyl (C=O) groups is 1. The van der Waals surface area contributed by atoms with E-state index in [0.717, 1.165) is 30.5 Å². The van der Waals surface area contributed by atoms with Crippen LogP contribution in [0, 0.1) is 5.92 Å². The van der Waals surface area contributed by atoms with Gasteiger partial charge in [-0.1, -0.05) is 48.9 Å². The Hall–Kier alpha value is -3.99. The molecule has 1 heterocycles. The summed E-state index contributed by atoms with van der Waals surface area (Å²) in [4.78, 5) is 28.7. The molecule has 2 N–H and O–H groups in total. The molecular formula is C31H37F3N6O2. The minimum atomic E-state index is -4.44. The number of carboxylic acid groups (broad SMARTS) is 1. The molecule has 42 heavy (non-hydrogen) atoms. The van der Waals surface area contributed by atoms with Crippen LogP contribution >= 0.6 is 0 Å². The first-order valence-electron chi connectivity index (χ1n) is 14.0. The molecular weight excluding hydrogens is 545 g/mol. The zero-order chi connectivity index (χ0) is 30.4. The van der Waals surface area contributed by atoms with Crippen molar-refractivity contribution in [1.82, 2.24) is 15.1 Å². The maximum absolute atomic E-state index is 13.2. The molecule has 2 aromatic rings. The predicted molar refractivity (Wildman–Crippen MR) is 158 cm³/mol. The van der Waals surface area contributed by atoms with Gasteiger partial charge >= 0.3 is 12.1 Å². The molecule has 8 nitrogen and oxygen atoms in total. The van der Waals surface area contributed by atoms with E-state index in [1.165, 1.54) is 25.6 Å². The number of benzene rings is 2. The molecule has 1 fully saturated rings. The zero-order valence-corrected chi connectivity index (χ0v) is 24.3. The minimum Gasteiger partial charge on any atom is -0.475 e. The average Bonchev–Trinajstić information content (AvgIpc) is 3.25. The van der Waals surface area contributed by atoms with Gasteiger partial charge in [0.05, 0.1) is 11.6 Å². The molecule has 1 unspecified atom stereocenters. The lowest BCUT2D eigenvalue weighted by atomic mass is 9.80. The molecule has 1 saturated carbocycles. The Morgan fingerprint density at radius 3 is 2.36 bits per heavy atom. The number of alkyl halides is 3. The summed E-state index contributed by atoms with van der Waals surface area (Å²) in [5.74, 6) is -0.388. The van der Waals surface area contributed by atoms with Crippen LogP contribution in [-0.4, -0.2) is 64.6 Å². The topological polar surface area (TPSA) is 92.9 Å². The minimum absolute atomic E-state index is 0.168. The fourth-order valence-corrected chi connectivity index (χ4v) is 4.95. The number of amidine groups is 3. The summed E-state index contributed by atoms with van der Waals surface area (Å²) in [6.45, 7) is 4.91. The van der Waals surface area contributed by atoms with Crippen LogP contribution in [0.25, 0.3) is 0 Å². The van der Waals surface area contributed by atoms with Gasteiger partial charge in [-0.05, 0) is 62.9 Å². The second kappa shape index (κ2) is 13.3. The van der Waals surface area contributed by atoms with Crippen molar-refractivity contribution in [2.45, 2.75) is 64.5 Å². The van der Waals surface area contributed by atoms with Gasteiger partial charge in [0.2, 0.25) is 5.84 Å². The van der Waals surface area contributed by atoms with Gasteiger partial charge in [0.25, 0.3) is 0 Å². The number of aliphatic imine (C=N–C) groups is 3. The monoisotopic (exact) mass is 582 g/mol. The van der Waals surface area contributed by atoms with E-state index in [0.29, 0.717) is 29.6 Å². The van der Waals surface area contributed by atoms with Crippen molar-refractivity contribution in [2.75, 3.05) is 14.1 Å². The van der Waals surface area contributed by atoms with Crippen molar-refractivity contribution in [3.63, 3.8) is 0 Å². The van der Waals surface area contributed by atoms with Gasteiger partial charge < -0.3 is 15.3 Å². The first kappa shape index (κ1) is 31.0. The van der Waals surface area contributed by atoms with Crippen LogP contribution in [0.3, 0.4) is 0 Å². The quantitative estimate of drug-likeness (QED) is 0.298. The molecule has 0 aromatic heterocycles. The second-order valence-corrected chi connectivity index (χ2v) is 10.8. The van der Waals surface area contributed by atoms with Crippen molar-refractivity contribution >= 4 is 23.5 Å². The third kappa shape index (κ3) is 7.44. The van der Waals surface area contributed by atoms with Crippen molar-refractivity contribution in [2.24, 2.45) is 20.9 Å². The van der Waals surface area contributed by atoms with Crippen LogP contribution in [0.4, 0.5) is 13.2 Å². The molecule has 11 heteroatoms. The highest BCUT2D eigenvalue weighted by Crippen LogP contribution is 2.31. The van der Waals surface area contributed by atoms with E-state index >= 15 is 0 Å². The van der Waals surface area contributed by atoms with E-state index in [2.05, 4.69) is 27.1 Å². The molecule has 2 atom stereocenters. The highest BCUT2D eigenvalue weighted by molar-refractivity contribution is 6.38. The summed E-state index contributed by atoms with van der Waals surface area (Å²) in [6.07, 6.45) is 0.798. The van der Waals surface area contributed by atoms with E-state index in [-0.39, 0.29) is 24.5 Å². The number of hydrogen-bond acceptors (Lipinski definition) is 5. The second-order valence-electron chi connectivity index (χ2n) is 10.8. The lowest BCUT2D eigenvalue weighted by Gasteiger charge is -2.33. The standard InChI is InChI=1S/C31H37F3N6O2/c1-20(24-11-8-12-24)36-17-26-27(37-28(35-3)30(41)42)38-29(21(2)39(4)18-22-9-6-5-7-10-22)40(26)19-23-13-15-25(16-14-23)31(32,33)34/h5-7,9-10,13-17,20-21,24,36H,8,11-12,18-19H2,1-4H3,(H,41,42)/b26-17-,35-28-,37-27+/t20-,21?/m1/s1. The Kier molecular flexibility index (Phi) is 9.82. The van der Waals surface area contributed by atoms with Crippen molar-refractivity contribution in [3.05, 3.63) is 83.2 Å². The third-order valence-corrected chi connectivity index (χ3v) is 7.90. The number of nitrogens with zero attached hydrogens (tertiary/aromatic N) is 5. The number of aliphatic carboxylic acids is 1. The van der Waals surface area contributed by atoms with E-state index in [1.807, 2.05) is 49.2 Å². The van der Waals surface area contributed by atoms with Gasteiger partial charge in [-0.15, -0.1) is 0 Å². The summed E-state index contributed by atoms with van der Waals surface area (Å²) >= 11 is 0.